The number of hydrogen-bond donors (Lipinski definition) is 0. The summed E-state index contributed by atoms with van der Waals surface area (Å²) < 4.78 is 108. The van der Waals surface area contributed by atoms with E-state index in [1.165, 1.54) is 0 Å². The van der Waals surface area contributed by atoms with E-state index in [2.05, 4.69) is 0 Å². The lowest BCUT2D eigenvalue weighted by Crippen LogP contribution is -2.49. The molecule has 0 heterocycles. The highest BCUT2D eigenvalue weighted by Crippen LogP contribution is 2.46. The van der Waals surface area contributed by atoms with Gasteiger partial charge < -0.3 is 0 Å². The zero-order valence-corrected chi connectivity index (χ0v) is 6.86. The quantitative estimate of drug-likeness (QED) is 0.573. The van der Waals surface area contributed by atoms with Gasteiger partial charge in [-0.05, 0) is 6.92 Å². The number of hydrogen-bond acceptors (Lipinski definition) is 0. The first-order chi connectivity index (χ1) is 6.23. The molecule has 0 aromatic rings. The molecule has 0 saturated carbocycles. The molecule has 0 unspecified atom stereocenters. The van der Waals surface area contributed by atoms with Gasteiger partial charge in [-0.3, -0.25) is 0 Å². The van der Waals surface area contributed by atoms with E-state index in [0.29, 0.717) is 0 Å². The highest BCUT2D eigenvalue weighted by molar-refractivity contribution is 4.83. The van der Waals surface area contributed by atoms with Gasteiger partial charge >= 0.3 is 18.3 Å². The van der Waals surface area contributed by atoms with Crippen molar-refractivity contribution in [2.75, 3.05) is 0 Å². The molecular weight excluding hydrogens is 250 g/mol. The minimum Gasteiger partial charge on any atom is -0.211 e. The average molecular weight is 254 g/mol. The molecule has 0 atom stereocenters. The summed E-state index contributed by atoms with van der Waals surface area (Å²) in [5.74, 6) is -6.62. The van der Waals surface area contributed by atoms with Gasteiger partial charge in [0.05, 0.1) is 0 Å². The highest BCUT2D eigenvalue weighted by Gasteiger charge is 2.74. The average Bonchev–Trinajstić information content (AvgIpc) is 1.79. The Hall–Kier alpha value is -0.700. The molecule has 0 saturated heterocycles. The van der Waals surface area contributed by atoms with Crippen molar-refractivity contribution in [3.8, 4) is 0 Å². The molecule has 0 radical (unpaired) electrons. The van der Waals surface area contributed by atoms with Crippen LogP contribution in [0, 0.1) is 0 Å². The molecular formula is C5H4F10. The Balaban J connectivity index is 0. The Labute approximate surface area is 76.9 Å². The summed E-state index contributed by atoms with van der Waals surface area (Å²) in [5, 5.41) is 0. The maximum atomic E-state index is 11.2. The summed E-state index contributed by atoms with van der Waals surface area (Å²) in [6, 6.07) is 0. The summed E-state index contributed by atoms with van der Waals surface area (Å²) >= 11 is 0. The van der Waals surface area contributed by atoms with E-state index >= 15 is 0 Å². The molecule has 94 valence electrons. The van der Waals surface area contributed by atoms with E-state index < -0.39 is 24.7 Å². The van der Waals surface area contributed by atoms with Crippen LogP contribution in [0.5, 0.6) is 0 Å². The van der Waals surface area contributed by atoms with Crippen LogP contribution in [0.1, 0.15) is 6.92 Å². The van der Waals surface area contributed by atoms with Crippen molar-refractivity contribution in [2.45, 2.75) is 31.6 Å². The maximum absolute atomic E-state index is 11.2. The second-order valence-electron chi connectivity index (χ2n) is 2.09. The van der Waals surface area contributed by atoms with Crippen LogP contribution in [-0.2, 0) is 0 Å². The lowest BCUT2D eigenvalue weighted by Gasteiger charge is -2.21. The fourth-order valence-electron chi connectivity index (χ4n) is 0.161. The largest absolute Gasteiger partial charge is 0.463 e. The fourth-order valence-corrected chi connectivity index (χ4v) is 0.161. The van der Waals surface area contributed by atoms with Crippen molar-refractivity contribution < 1.29 is 43.9 Å². The molecule has 0 nitrogen and oxygen atoms in total. The Bertz CT molecular complexity index is 154. The van der Waals surface area contributed by atoms with Crippen molar-refractivity contribution in [3.05, 3.63) is 0 Å². The van der Waals surface area contributed by atoms with Crippen molar-refractivity contribution in [1.29, 1.82) is 0 Å². The summed E-state index contributed by atoms with van der Waals surface area (Å²) in [6.45, 7) is 0.833. The topological polar surface area (TPSA) is 0 Å². The molecule has 0 fully saturated rings. The second kappa shape index (κ2) is 4.88. The first-order valence-electron chi connectivity index (χ1n) is 3.03. The van der Waals surface area contributed by atoms with E-state index in [9.17, 15) is 43.9 Å². The van der Waals surface area contributed by atoms with Gasteiger partial charge in [0.25, 0.3) is 0 Å². The van der Waals surface area contributed by atoms with Crippen molar-refractivity contribution >= 4 is 0 Å². The third-order valence-electron chi connectivity index (χ3n) is 0.712. The monoisotopic (exact) mass is 254 g/mol. The van der Waals surface area contributed by atoms with Crippen LogP contribution in [0.4, 0.5) is 43.9 Å². The van der Waals surface area contributed by atoms with Crippen LogP contribution >= 0.6 is 0 Å². The van der Waals surface area contributed by atoms with Crippen LogP contribution < -0.4 is 0 Å². The van der Waals surface area contributed by atoms with Crippen LogP contribution in [0.3, 0.4) is 0 Å². The molecule has 0 aromatic carbocycles. The van der Waals surface area contributed by atoms with Gasteiger partial charge in [0.2, 0.25) is 6.43 Å². The van der Waals surface area contributed by atoms with Crippen LogP contribution in [0.25, 0.3) is 0 Å². The Morgan fingerprint density at radius 1 is 0.667 bits per heavy atom. The fraction of sp³-hybridized carbons (Fsp3) is 1.00. The van der Waals surface area contributed by atoms with E-state index in [-0.39, 0.29) is 0 Å². The standard InChI is InChI=1S/C3F8.C2H4F2/c4-1(5,2(6,7)8)3(9,10)11;1-2(3)4/h;2H,1H3. The summed E-state index contributed by atoms with van der Waals surface area (Å²) in [6.07, 6.45) is -15.3. The molecule has 0 aromatic heterocycles. The van der Waals surface area contributed by atoms with Crippen molar-refractivity contribution in [1.82, 2.24) is 0 Å². The number of alkyl halides is 10. The lowest BCUT2D eigenvalue weighted by atomic mass is 10.3. The van der Waals surface area contributed by atoms with Gasteiger partial charge in [0.15, 0.2) is 0 Å². The van der Waals surface area contributed by atoms with E-state index in [0.717, 1.165) is 6.92 Å². The van der Waals surface area contributed by atoms with Crippen molar-refractivity contribution in [3.63, 3.8) is 0 Å². The maximum Gasteiger partial charge on any atom is 0.463 e. The molecule has 0 aliphatic heterocycles. The van der Waals surface area contributed by atoms with Gasteiger partial charge in [-0.25, -0.2) is 8.78 Å². The van der Waals surface area contributed by atoms with Gasteiger partial charge in [-0.1, -0.05) is 0 Å². The molecule has 0 spiro atoms. The molecule has 10 heteroatoms. The van der Waals surface area contributed by atoms with Gasteiger partial charge in [-0.2, -0.15) is 35.1 Å². The highest BCUT2D eigenvalue weighted by atomic mass is 19.5. The van der Waals surface area contributed by atoms with Crippen molar-refractivity contribution in [2.24, 2.45) is 0 Å². The Morgan fingerprint density at radius 3 is 0.800 bits per heavy atom. The van der Waals surface area contributed by atoms with E-state index in [1.54, 1.807) is 0 Å². The van der Waals surface area contributed by atoms with E-state index in [4.69, 9.17) is 0 Å². The molecule has 15 heavy (non-hydrogen) atoms. The summed E-state index contributed by atoms with van der Waals surface area (Å²) in [4.78, 5) is 0. The number of rotatable bonds is 0. The third-order valence-corrected chi connectivity index (χ3v) is 0.712. The first-order valence-corrected chi connectivity index (χ1v) is 3.03. The predicted molar refractivity (Wildman–Crippen MR) is 28.7 cm³/mol. The van der Waals surface area contributed by atoms with Gasteiger partial charge in [0.1, 0.15) is 0 Å². The SMILES string of the molecule is CC(F)F.FC(F)(F)C(F)(F)C(F)(F)F. The molecule has 0 bridgehead atoms. The molecule has 0 aliphatic carbocycles. The lowest BCUT2D eigenvalue weighted by molar-refractivity contribution is -0.389. The molecule has 0 aliphatic rings. The molecule has 0 rings (SSSR count). The Morgan fingerprint density at radius 2 is 0.800 bits per heavy atom. The smallest absolute Gasteiger partial charge is 0.211 e. The van der Waals surface area contributed by atoms with Crippen LogP contribution in [-0.4, -0.2) is 24.7 Å². The van der Waals surface area contributed by atoms with Gasteiger partial charge in [0, 0.05) is 0 Å². The van der Waals surface area contributed by atoms with Gasteiger partial charge in [-0.15, -0.1) is 0 Å². The summed E-state index contributed by atoms with van der Waals surface area (Å²) in [7, 11) is 0. The summed E-state index contributed by atoms with van der Waals surface area (Å²) in [5.41, 5.74) is 0. The zero-order valence-electron chi connectivity index (χ0n) is 6.86. The zero-order chi connectivity index (χ0) is 13.1. The third kappa shape index (κ3) is 5.67. The second-order valence-corrected chi connectivity index (χ2v) is 2.09. The van der Waals surface area contributed by atoms with Crippen LogP contribution in [0.15, 0.2) is 0 Å². The molecule has 0 N–H and O–H groups in total. The minimum absolute atomic E-state index is 0.833. The number of halogens is 10. The predicted octanol–water partition coefficient (Wildman–Crippen LogP) is 4.02. The minimum atomic E-state index is -6.62. The van der Waals surface area contributed by atoms with E-state index in [1.807, 2.05) is 0 Å². The first kappa shape index (κ1) is 16.7. The van der Waals surface area contributed by atoms with Crippen LogP contribution in [0.2, 0.25) is 0 Å². The Kier molecular flexibility index (Phi) is 5.44. The normalized spacial score (nSPS) is 13.6. The molecule has 0 amide bonds.